The summed E-state index contributed by atoms with van der Waals surface area (Å²) < 4.78 is 3.86. The molecule has 0 aliphatic carbocycles. The highest BCUT2D eigenvalue weighted by molar-refractivity contribution is 5.31. The maximum atomic E-state index is 6.27. The van der Waals surface area contributed by atoms with Gasteiger partial charge in [0, 0.05) is 25.1 Å². The summed E-state index contributed by atoms with van der Waals surface area (Å²) in [5.74, 6) is 0.839. The van der Waals surface area contributed by atoms with Crippen molar-refractivity contribution in [2.24, 2.45) is 5.73 Å². The van der Waals surface area contributed by atoms with Crippen LogP contribution in [0.25, 0.3) is 5.69 Å². The first-order valence-electron chi connectivity index (χ1n) is 6.67. The van der Waals surface area contributed by atoms with Gasteiger partial charge in [-0.3, -0.25) is 0 Å². The van der Waals surface area contributed by atoms with Gasteiger partial charge in [0.05, 0.1) is 11.4 Å². The molecule has 5 heteroatoms. The van der Waals surface area contributed by atoms with Crippen molar-refractivity contribution in [3.63, 3.8) is 0 Å². The first-order chi connectivity index (χ1) is 9.79. The molecule has 1 atom stereocenters. The minimum atomic E-state index is -0.310. The zero-order valence-electron chi connectivity index (χ0n) is 11.3. The Labute approximate surface area is 117 Å². The van der Waals surface area contributed by atoms with Crippen LogP contribution in [0.15, 0.2) is 55.0 Å². The molecule has 0 aliphatic rings. The highest BCUT2D eigenvalue weighted by Crippen LogP contribution is 2.17. The van der Waals surface area contributed by atoms with E-state index in [1.807, 2.05) is 58.0 Å². The molecule has 0 radical (unpaired) electrons. The molecule has 3 aromatic rings. The third-order valence-electron chi connectivity index (χ3n) is 3.32. The van der Waals surface area contributed by atoms with Crippen molar-refractivity contribution in [3.05, 3.63) is 66.5 Å². The number of aryl methyl sites for hydroxylation is 1. The minimum absolute atomic E-state index is 0.310. The molecular formula is C15H17N5. The van der Waals surface area contributed by atoms with Crippen LogP contribution in [0.3, 0.4) is 0 Å². The van der Waals surface area contributed by atoms with Gasteiger partial charge in [0.2, 0.25) is 0 Å². The number of benzene rings is 1. The molecule has 5 nitrogen and oxygen atoms in total. The summed E-state index contributed by atoms with van der Waals surface area (Å²) in [5.41, 5.74) is 8.10. The molecule has 0 aliphatic heterocycles. The number of imidazole rings is 1. The Morgan fingerprint density at radius 3 is 2.70 bits per heavy atom. The van der Waals surface area contributed by atoms with Crippen LogP contribution in [0.5, 0.6) is 0 Å². The lowest BCUT2D eigenvalue weighted by Gasteiger charge is -2.10. The van der Waals surface area contributed by atoms with E-state index in [1.54, 1.807) is 6.20 Å². The van der Waals surface area contributed by atoms with Crippen molar-refractivity contribution in [1.29, 1.82) is 0 Å². The molecule has 0 amide bonds. The largest absolute Gasteiger partial charge is 0.334 e. The van der Waals surface area contributed by atoms with Crippen molar-refractivity contribution >= 4 is 0 Å². The maximum Gasteiger partial charge on any atom is 0.131 e. The Morgan fingerprint density at radius 2 is 1.95 bits per heavy atom. The number of hydrogen-bond acceptors (Lipinski definition) is 3. The smallest absolute Gasteiger partial charge is 0.131 e. The van der Waals surface area contributed by atoms with E-state index in [2.05, 4.69) is 17.0 Å². The van der Waals surface area contributed by atoms with Crippen LogP contribution in [0.4, 0.5) is 0 Å². The average Bonchev–Trinajstić information content (AvgIpc) is 3.16. The van der Waals surface area contributed by atoms with Crippen LogP contribution < -0.4 is 5.73 Å². The van der Waals surface area contributed by atoms with E-state index in [0.717, 1.165) is 23.8 Å². The van der Waals surface area contributed by atoms with Crippen LogP contribution in [-0.2, 0) is 6.54 Å². The van der Waals surface area contributed by atoms with Crippen LogP contribution in [0.2, 0.25) is 0 Å². The summed E-state index contributed by atoms with van der Waals surface area (Å²) in [5, 5.41) is 4.55. The van der Waals surface area contributed by atoms with E-state index in [0.29, 0.717) is 0 Å². The van der Waals surface area contributed by atoms with Gasteiger partial charge in [-0.2, -0.15) is 5.10 Å². The highest BCUT2D eigenvalue weighted by atomic mass is 15.3. The quantitative estimate of drug-likeness (QED) is 0.787. The summed E-state index contributed by atoms with van der Waals surface area (Å²) in [4.78, 5) is 4.33. The fraction of sp³-hybridized carbons (Fsp3) is 0.200. The molecular weight excluding hydrogens is 250 g/mol. The zero-order valence-corrected chi connectivity index (χ0v) is 11.3. The second-order valence-electron chi connectivity index (χ2n) is 4.57. The lowest BCUT2D eigenvalue weighted by atomic mass is 10.2. The van der Waals surface area contributed by atoms with Crippen LogP contribution >= 0.6 is 0 Å². The molecule has 1 unspecified atom stereocenters. The van der Waals surface area contributed by atoms with Crippen molar-refractivity contribution in [2.75, 3.05) is 0 Å². The molecule has 0 saturated carbocycles. The molecule has 0 saturated heterocycles. The molecule has 0 fully saturated rings. The minimum Gasteiger partial charge on any atom is -0.334 e. The Bertz CT molecular complexity index is 683. The second kappa shape index (κ2) is 5.30. The second-order valence-corrected chi connectivity index (χ2v) is 4.57. The summed E-state index contributed by atoms with van der Waals surface area (Å²) in [6.07, 6.45) is 5.63. The van der Waals surface area contributed by atoms with Gasteiger partial charge in [-0.15, -0.1) is 0 Å². The molecule has 0 bridgehead atoms. The predicted molar refractivity (Wildman–Crippen MR) is 77.5 cm³/mol. The summed E-state index contributed by atoms with van der Waals surface area (Å²) in [6, 6.07) is 11.6. The number of nitrogens with two attached hydrogens (primary N) is 1. The number of hydrogen-bond donors (Lipinski definition) is 1. The van der Waals surface area contributed by atoms with E-state index in [-0.39, 0.29) is 6.04 Å². The topological polar surface area (TPSA) is 61.7 Å². The zero-order chi connectivity index (χ0) is 13.9. The monoisotopic (exact) mass is 267 g/mol. The van der Waals surface area contributed by atoms with Gasteiger partial charge in [-0.1, -0.05) is 18.2 Å². The Morgan fingerprint density at radius 1 is 1.15 bits per heavy atom. The number of rotatable bonds is 4. The fourth-order valence-corrected chi connectivity index (χ4v) is 2.23. The predicted octanol–water partition coefficient (Wildman–Crippen LogP) is 2.14. The van der Waals surface area contributed by atoms with Gasteiger partial charge in [-0.25, -0.2) is 9.67 Å². The van der Waals surface area contributed by atoms with Crippen molar-refractivity contribution in [2.45, 2.75) is 19.5 Å². The van der Waals surface area contributed by atoms with Gasteiger partial charge in [0.15, 0.2) is 0 Å². The average molecular weight is 267 g/mol. The van der Waals surface area contributed by atoms with E-state index in [4.69, 9.17) is 5.73 Å². The summed E-state index contributed by atoms with van der Waals surface area (Å²) in [6.45, 7) is 2.92. The normalized spacial score (nSPS) is 12.5. The van der Waals surface area contributed by atoms with E-state index < -0.39 is 0 Å². The third-order valence-corrected chi connectivity index (χ3v) is 3.32. The highest BCUT2D eigenvalue weighted by Gasteiger charge is 2.17. The first-order valence-corrected chi connectivity index (χ1v) is 6.67. The van der Waals surface area contributed by atoms with Crippen molar-refractivity contribution < 1.29 is 0 Å². The lowest BCUT2D eigenvalue weighted by Crippen LogP contribution is -2.18. The Kier molecular flexibility index (Phi) is 3.35. The standard InChI is InChI=1S/C15H17N5/c1-2-19-11-9-17-15(19)14(16)13-8-10-20(18-13)12-6-4-3-5-7-12/h3-11,14H,2,16H2,1H3. The lowest BCUT2D eigenvalue weighted by molar-refractivity contribution is 0.641. The molecule has 2 heterocycles. The molecule has 2 aromatic heterocycles. The van der Waals surface area contributed by atoms with Crippen LogP contribution in [0, 0.1) is 0 Å². The number of aromatic nitrogens is 4. The van der Waals surface area contributed by atoms with Gasteiger partial charge >= 0.3 is 0 Å². The SMILES string of the molecule is CCn1ccnc1C(N)c1ccn(-c2ccccc2)n1. The molecule has 20 heavy (non-hydrogen) atoms. The molecule has 2 N–H and O–H groups in total. The Hall–Kier alpha value is -2.40. The van der Waals surface area contributed by atoms with Crippen molar-refractivity contribution in [3.8, 4) is 5.69 Å². The molecule has 102 valence electrons. The van der Waals surface area contributed by atoms with E-state index >= 15 is 0 Å². The van der Waals surface area contributed by atoms with Crippen LogP contribution in [-0.4, -0.2) is 19.3 Å². The van der Waals surface area contributed by atoms with Gasteiger partial charge in [0.25, 0.3) is 0 Å². The molecule has 3 rings (SSSR count). The van der Waals surface area contributed by atoms with Gasteiger partial charge < -0.3 is 10.3 Å². The summed E-state index contributed by atoms with van der Waals surface area (Å²) in [7, 11) is 0. The number of nitrogens with zero attached hydrogens (tertiary/aromatic N) is 4. The van der Waals surface area contributed by atoms with E-state index in [1.165, 1.54) is 0 Å². The Balaban J connectivity index is 1.91. The molecule has 1 aromatic carbocycles. The third kappa shape index (κ3) is 2.23. The van der Waals surface area contributed by atoms with Crippen LogP contribution in [0.1, 0.15) is 24.5 Å². The number of para-hydroxylation sites is 1. The summed E-state index contributed by atoms with van der Waals surface area (Å²) >= 11 is 0. The van der Waals surface area contributed by atoms with Gasteiger partial charge in [0.1, 0.15) is 11.9 Å². The van der Waals surface area contributed by atoms with Gasteiger partial charge in [-0.05, 0) is 25.1 Å². The van der Waals surface area contributed by atoms with E-state index in [9.17, 15) is 0 Å². The van der Waals surface area contributed by atoms with Crippen molar-refractivity contribution in [1.82, 2.24) is 19.3 Å². The fourth-order valence-electron chi connectivity index (χ4n) is 2.23. The molecule has 0 spiro atoms. The first kappa shape index (κ1) is 12.6. The maximum absolute atomic E-state index is 6.27.